The molecule has 0 bridgehead atoms. The third-order valence-electron chi connectivity index (χ3n) is 5.87. The summed E-state index contributed by atoms with van der Waals surface area (Å²) in [5.41, 5.74) is 4.03. The minimum atomic E-state index is -0.180. The smallest absolute Gasteiger partial charge is 0.266 e. The molecule has 0 unspecified atom stereocenters. The number of amides is 1. The molecule has 31 heavy (non-hydrogen) atoms. The zero-order valence-electron chi connectivity index (χ0n) is 18.0. The maximum atomic E-state index is 12.7. The van der Waals surface area contributed by atoms with Gasteiger partial charge in [0, 0.05) is 23.6 Å². The highest BCUT2D eigenvalue weighted by molar-refractivity contribution is 5.76. The average Bonchev–Trinajstić information content (AvgIpc) is 2.80. The maximum absolute atomic E-state index is 12.7. The third kappa shape index (κ3) is 5.47. The lowest BCUT2D eigenvalue weighted by Gasteiger charge is -2.32. The van der Waals surface area contributed by atoms with E-state index in [1.54, 1.807) is 6.07 Å². The molecule has 0 radical (unpaired) electrons. The predicted octanol–water partition coefficient (Wildman–Crippen LogP) is 1.54. The first-order valence-electron chi connectivity index (χ1n) is 10.9. The first kappa shape index (κ1) is 21.0. The SMILES string of the molecule is Cc1ccc(-c2ccc(=O)n(CCC(=O)N3CC[NH+](Cc4ccccc4)CC3)n2)cc1. The number of hydrogen-bond acceptors (Lipinski definition) is 3. The summed E-state index contributed by atoms with van der Waals surface area (Å²) in [7, 11) is 0. The van der Waals surface area contributed by atoms with Crippen molar-refractivity contribution in [1.29, 1.82) is 0 Å². The van der Waals surface area contributed by atoms with Gasteiger partial charge in [0.2, 0.25) is 5.91 Å². The first-order chi connectivity index (χ1) is 15.1. The van der Waals surface area contributed by atoms with E-state index < -0.39 is 0 Å². The minimum Gasteiger partial charge on any atom is -0.331 e. The van der Waals surface area contributed by atoms with Gasteiger partial charge >= 0.3 is 0 Å². The molecule has 0 spiro atoms. The van der Waals surface area contributed by atoms with Crippen LogP contribution in [0.1, 0.15) is 17.5 Å². The van der Waals surface area contributed by atoms with Crippen molar-refractivity contribution in [2.75, 3.05) is 26.2 Å². The van der Waals surface area contributed by atoms with Crippen LogP contribution < -0.4 is 10.5 Å². The van der Waals surface area contributed by atoms with Crippen molar-refractivity contribution in [2.45, 2.75) is 26.4 Å². The van der Waals surface area contributed by atoms with Gasteiger partial charge in [0.25, 0.3) is 5.56 Å². The summed E-state index contributed by atoms with van der Waals surface area (Å²) >= 11 is 0. The van der Waals surface area contributed by atoms with Crippen LogP contribution in [0.25, 0.3) is 11.3 Å². The number of piperazine rings is 1. The molecule has 160 valence electrons. The van der Waals surface area contributed by atoms with E-state index in [0.29, 0.717) is 6.54 Å². The van der Waals surface area contributed by atoms with Gasteiger partial charge in [-0.1, -0.05) is 60.2 Å². The quantitative estimate of drug-likeness (QED) is 0.662. The second-order valence-corrected chi connectivity index (χ2v) is 8.19. The predicted molar refractivity (Wildman–Crippen MR) is 121 cm³/mol. The van der Waals surface area contributed by atoms with E-state index in [1.807, 2.05) is 42.2 Å². The normalized spacial score (nSPS) is 14.5. The van der Waals surface area contributed by atoms with Crippen LogP contribution in [0.15, 0.2) is 71.5 Å². The van der Waals surface area contributed by atoms with E-state index >= 15 is 0 Å². The van der Waals surface area contributed by atoms with Crippen LogP contribution >= 0.6 is 0 Å². The van der Waals surface area contributed by atoms with Crippen LogP contribution in [-0.4, -0.2) is 46.8 Å². The molecule has 4 rings (SSSR count). The summed E-state index contributed by atoms with van der Waals surface area (Å²) in [6, 6.07) is 21.8. The molecular formula is C25H29N4O2+. The average molecular weight is 418 g/mol. The largest absolute Gasteiger partial charge is 0.331 e. The van der Waals surface area contributed by atoms with Crippen molar-refractivity contribution < 1.29 is 9.69 Å². The summed E-state index contributed by atoms with van der Waals surface area (Å²) in [4.78, 5) is 28.4. The minimum absolute atomic E-state index is 0.0909. The van der Waals surface area contributed by atoms with Crippen molar-refractivity contribution in [3.05, 3.63) is 88.2 Å². The van der Waals surface area contributed by atoms with E-state index in [4.69, 9.17) is 0 Å². The molecule has 1 saturated heterocycles. The van der Waals surface area contributed by atoms with Crippen LogP contribution in [0.2, 0.25) is 0 Å². The van der Waals surface area contributed by atoms with Gasteiger partial charge in [-0.25, -0.2) is 4.68 Å². The molecule has 1 amide bonds. The fourth-order valence-corrected chi connectivity index (χ4v) is 3.98. The number of nitrogens with one attached hydrogen (secondary N) is 1. The number of aromatic nitrogens is 2. The molecule has 1 fully saturated rings. The van der Waals surface area contributed by atoms with Gasteiger partial charge in [-0.3, -0.25) is 9.59 Å². The Kier molecular flexibility index (Phi) is 6.57. The van der Waals surface area contributed by atoms with Gasteiger partial charge in [-0.05, 0) is 13.0 Å². The summed E-state index contributed by atoms with van der Waals surface area (Å²) < 4.78 is 1.41. The molecular weight excluding hydrogens is 388 g/mol. The Hall–Kier alpha value is -3.25. The van der Waals surface area contributed by atoms with Crippen molar-refractivity contribution >= 4 is 5.91 Å². The Labute approximate surface area is 182 Å². The lowest BCUT2D eigenvalue weighted by molar-refractivity contribution is -0.917. The molecule has 1 aliphatic rings. The molecule has 6 nitrogen and oxygen atoms in total. The number of aryl methyl sites for hydroxylation is 2. The lowest BCUT2D eigenvalue weighted by Crippen LogP contribution is -3.13. The second kappa shape index (κ2) is 9.71. The molecule has 2 heterocycles. The summed E-state index contributed by atoms with van der Waals surface area (Å²) in [6.07, 6.45) is 0.290. The van der Waals surface area contributed by atoms with Gasteiger partial charge in [0.05, 0.1) is 38.4 Å². The number of quaternary nitrogens is 1. The maximum Gasteiger partial charge on any atom is 0.266 e. The topological polar surface area (TPSA) is 59.6 Å². The van der Waals surface area contributed by atoms with E-state index in [9.17, 15) is 9.59 Å². The molecule has 1 aromatic heterocycles. The summed E-state index contributed by atoms with van der Waals surface area (Å²) in [6.45, 7) is 6.73. The number of nitrogens with zero attached hydrogens (tertiary/aromatic N) is 3. The van der Waals surface area contributed by atoms with Crippen molar-refractivity contribution in [2.24, 2.45) is 0 Å². The standard InChI is InChI=1S/C25H28N4O2/c1-20-7-9-22(10-8-20)23-11-12-25(31)29(26-23)14-13-24(30)28-17-15-27(16-18-28)19-21-5-3-2-4-6-21/h2-12H,13-19H2,1H3/p+1. The van der Waals surface area contributed by atoms with E-state index in [-0.39, 0.29) is 17.9 Å². The first-order valence-corrected chi connectivity index (χ1v) is 10.9. The second-order valence-electron chi connectivity index (χ2n) is 8.19. The fraction of sp³-hybridized carbons (Fsp3) is 0.320. The van der Waals surface area contributed by atoms with Crippen LogP contribution in [0.4, 0.5) is 0 Å². The molecule has 0 atom stereocenters. The Morgan fingerprint density at radius 1 is 0.968 bits per heavy atom. The highest BCUT2D eigenvalue weighted by atomic mass is 16.2. The van der Waals surface area contributed by atoms with Gasteiger partial charge in [-0.15, -0.1) is 0 Å². The molecule has 0 saturated carbocycles. The van der Waals surface area contributed by atoms with E-state index in [1.165, 1.54) is 26.8 Å². The highest BCUT2D eigenvalue weighted by Crippen LogP contribution is 2.15. The van der Waals surface area contributed by atoms with Crippen LogP contribution in [0, 0.1) is 6.92 Å². The van der Waals surface area contributed by atoms with E-state index in [2.05, 4.69) is 29.4 Å². The lowest BCUT2D eigenvalue weighted by atomic mass is 10.1. The number of hydrogen-bond donors (Lipinski definition) is 1. The van der Waals surface area contributed by atoms with Crippen LogP contribution in [0.5, 0.6) is 0 Å². The van der Waals surface area contributed by atoms with Crippen molar-refractivity contribution in [3.8, 4) is 11.3 Å². The fourth-order valence-electron chi connectivity index (χ4n) is 3.98. The number of carbonyl (C=O) groups is 1. The molecule has 1 N–H and O–H groups in total. The zero-order valence-corrected chi connectivity index (χ0v) is 18.0. The van der Waals surface area contributed by atoms with Gasteiger partial charge in [0.15, 0.2) is 0 Å². The highest BCUT2D eigenvalue weighted by Gasteiger charge is 2.23. The monoisotopic (exact) mass is 417 g/mol. The molecule has 2 aromatic carbocycles. The Morgan fingerprint density at radius 3 is 2.39 bits per heavy atom. The Balaban J connectivity index is 1.31. The Morgan fingerprint density at radius 2 is 1.68 bits per heavy atom. The molecule has 3 aromatic rings. The number of carbonyl (C=O) groups excluding carboxylic acids is 1. The summed E-state index contributed by atoms with van der Waals surface area (Å²) in [5.74, 6) is 0.0909. The number of rotatable bonds is 6. The van der Waals surface area contributed by atoms with Crippen LogP contribution in [-0.2, 0) is 17.9 Å². The van der Waals surface area contributed by atoms with Crippen molar-refractivity contribution in [3.63, 3.8) is 0 Å². The number of benzene rings is 2. The molecule has 0 aliphatic carbocycles. The summed E-state index contributed by atoms with van der Waals surface area (Å²) in [5, 5.41) is 4.48. The van der Waals surface area contributed by atoms with E-state index in [0.717, 1.165) is 44.0 Å². The van der Waals surface area contributed by atoms with Crippen molar-refractivity contribution in [1.82, 2.24) is 14.7 Å². The molecule has 1 aliphatic heterocycles. The molecule has 6 heteroatoms. The zero-order chi connectivity index (χ0) is 21.6. The van der Waals surface area contributed by atoms with Gasteiger partial charge in [-0.2, -0.15) is 5.10 Å². The third-order valence-corrected chi connectivity index (χ3v) is 5.87. The van der Waals surface area contributed by atoms with Crippen LogP contribution in [0.3, 0.4) is 0 Å². The Bertz CT molecular complexity index is 1070. The van der Waals surface area contributed by atoms with Gasteiger partial charge in [0.1, 0.15) is 6.54 Å². The van der Waals surface area contributed by atoms with Gasteiger partial charge < -0.3 is 9.80 Å².